The normalized spacial score (nSPS) is 10.2. The Morgan fingerprint density at radius 2 is 2.19 bits per heavy atom. The van der Waals surface area contributed by atoms with Crippen molar-refractivity contribution in [3.63, 3.8) is 0 Å². The van der Waals surface area contributed by atoms with Gasteiger partial charge in [-0.1, -0.05) is 0 Å². The molecule has 0 heterocycles. The molecule has 0 aliphatic heterocycles. The Kier molecular flexibility index (Phi) is 5.32. The SMILES string of the molecule is CCOc1cc(N(C)CCSC)ccc1N. The molecular formula is C12H20N2OS. The van der Waals surface area contributed by atoms with Crippen molar-refractivity contribution in [2.75, 3.05) is 42.8 Å². The summed E-state index contributed by atoms with van der Waals surface area (Å²) in [5.41, 5.74) is 7.67. The van der Waals surface area contributed by atoms with Crippen molar-refractivity contribution in [2.45, 2.75) is 6.92 Å². The zero-order chi connectivity index (χ0) is 12.0. The van der Waals surface area contributed by atoms with E-state index in [9.17, 15) is 0 Å². The van der Waals surface area contributed by atoms with Crippen molar-refractivity contribution in [1.29, 1.82) is 0 Å². The molecule has 0 amide bonds. The maximum Gasteiger partial charge on any atom is 0.144 e. The number of hydrogen-bond acceptors (Lipinski definition) is 4. The average Bonchev–Trinajstić information content (AvgIpc) is 2.29. The molecule has 0 saturated carbocycles. The van der Waals surface area contributed by atoms with Crippen LogP contribution in [0.5, 0.6) is 5.75 Å². The van der Waals surface area contributed by atoms with Crippen LogP contribution in [0.4, 0.5) is 11.4 Å². The maximum absolute atomic E-state index is 5.83. The maximum atomic E-state index is 5.83. The highest BCUT2D eigenvalue weighted by Crippen LogP contribution is 2.27. The van der Waals surface area contributed by atoms with E-state index in [2.05, 4.69) is 18.2 Å². The average molecular weight is 240 g/mol. The molecule has 3 nitrogen and oxygen atoms in total. The van der Waals surface area contributed by atoms with Gasteiger partial charge in [0.05, 0.1) is 12.3 Å². The fourth-order valence-corrected chi connectivity index (χ4v) is 1.85. The molecule has 0 spiro atoms. The minimum atomic E-state index is 0.641. The van der Waals surface area contributed by atoms with Crippen LogP contribution in [0.1, 0.15) is 6.92 Å². The van der Waals surface area contributed by atoms with Crippen LogP contribution in [0.2, 0.25) is 0 Å². The lowest BCUT2D eigenvalue weighted by atomic mass is 10.2. The number of benzene rings is 1. The highest BCUT2D eigenvalue weighted by Gasteiger charge is 2.05. The van der Waals surface area contributed by atoms with Crippen molar-refractivity contribution in [2.24, 2.45) is 0 Å². The highest BCUT2D eigenvalue weighted by molar-refractivity contribution is 7.98. The largest absolute Gasteiger partial charge is 0.492 e. The first-order valence-electron chi connectivity index (χ1n) is 5.41. The van der Waals surface area contributed by atoms with Gasteiger partial charge >= 0.3 is 0 Å². The molecule has 0 fully saturated rings. The number of ether oxygens (including phenoxy) is 1. The lowest BCUT2D eigenvalue weighted by molar-refractivity contribution is 0.342. The van der Waals surface area contributed by atoms with Crippen LogP contribution < -0.4 is 15.4 Å². The molecule has 1 aromatic rings. The molecule has 0 bridgehead atoms. The lowest BCUT2D eigenvalue weighted by Gasteiger charge is -2.20. The fraction of sp³-hybridized carbons (Fsp3) is 0.500. The van der Waals surface area contributed by atoms with Crippen molar-refractivity contribution in [3.05, 3.63) is 18.2 Å². The summed E-state index contributed by atoms with van der Waals surface area (Å²) in [5, 5.41) is 0. The Balaban J connectivity index is 2.76. The van der Waals surface area contributed by atoms with Crippen molar-refractivity contribution >= 4 is 23.1 Å². The Labute approximate surface area is 102 Å². The number of nitrogens with zero attached hydrogens (tertiary/aromatic N) is 1. The monoisotopic (exact) mass is 240 g/mol. The van der Waals surface area contributed by atoms with Crippen LogP contribution in [-0.2, 0) is 0 Å². The highest BCUT2D eigenvalue weighted by atomic mass is 32.2. The van der Waals surface area contributed by atoms with Gasteiger partial charge in [0.2, 0.25) is 0 Å². The van der Waals surface area contributed by atoms with Gasteiger partial charge in [0.15, 0.2) is 0 Å². The molecular weight excluding hydrogens is 220 g/mol. The summed E-state index contributed by atoms with van der Waals surface area (Å²) in [4.78, 5) is 2.21. The van der Waals surface area contributed by atoms with Gasteiger partial charge in [-0.2, -0.15) is 11.8 Å². The van der Waals surface area contributed by atoms with Crippen LogP contribution in [0.3, 0.4) is 0 Å². The molecule has 90 valence electrons. The first-order valence-corrected chi connectivity index (χ1v) is 6.80. The van der Waals surface area contributed by atoms with Crippen LogP contribution in [0.15, 0.2) is 18.2 Å². The summed E-state index contributed by atoms with van der Waals surface area (Å²) in [6.45, 7) is 3.63. The number of anilines is 2. The molecule has 0 aliphatic carbocycles. The van der Waals surface area contributed by atoms with Crippen molar-refractivity contribution < 1.29 is 4.74 Å². The second-order valence-corrected chi connectivity index (χ2v) is 4.56. The first-order chi connectivity index (χ1) is 7.69. The zero-order valence-corrected chi connectivity index (χ0v) is 11.0. The lowest BCUT2D eigenvalue weighted by Crippen LogP contribution is -2.20. The molecule has 1 aromatic carbocycles. The molecule has 16 heavy (non-hydrogen) atoms. The summed E-state index contributed by atoms with van der Waals surface area (Å²) < 4.78 is 5.48. The third-order valence-electron chi connectivity index (χ3n) is 2.37. The Morgan fingerprint density at radius 1 is 1.44 bits per heavy atom. The van der Waals surface area contributed by atoms with Crippen LogP contribution >= 0.6 is 11.8 Å². The van der Waals surface area contributed by atoms with Gasteiger partial charge in [-0.05, 0) is 25.3 Å². The van der Waals surface area contributed by atoms with Gasteiger partial charge in [0, 0.05) is 31.1 Å². The van der Waals surface area contributed by atoms with E-state index in [0.717, 1.165) is 23.7 Å². The van der Waals surface area contributed by atoms with E-state index < -0.39 is 0 Å². The number of nitrogens with two attached hydrogens (primary N) is 1. The molecule has 0 aliphatic rings. The van der Waals surface area contributed by atoms with E-state index in [1.807, 2.05) is 36.9 Å². The predicted octanol–water partition coefficient (Wildman–Crippen LogP) is 2.47. The van der Waals surface area contributed by atoms with E-state index in [-0.39, 0.29) is 0 Å². The second kappa shape index (κ2) is 6.53. The second-order valence-electron chi connectivity index (χ2n) is 3.57. The van der Waals surface area contributed by atoms with Crippen LogP contribution in [0, 0.1) is 0 Å². The summed E-state index contributed by atoms with van der Waals surface area (Å²) in [6.07, 6.45) is 2.11. The van der Waals surface area contributed by atoms with E-state index in [1.54, 1.807) is 0 Å². The molecule has 0 saturated heterocycles. The number of nitrogen functional groups attached to an aromatic ring is 1. The summed E-state index contributed by atoms with van der Waals surface area (Å²) in [7, 11) is 2.08. The molecule has 0 atom stereocenters. The van der Waals surface area contributed by atoms with Gasteiger partial charge in [0.1, 0.15) is 5.75 Å². The third kappa shape index (κ3) is 3.52. The fourth-order valence-electron chi connectivity index (χ4n) is 1.40. The van der Waals surface area contributed by atoms with Crippen molar-refractivity contribution in [3.8, 4) is 5.75 Å². The molecule has 1 rings (SSSR count). The van der Waals surface area contributed by atoms with Crippen LogP contribution in [0.25, 0.3) is 0 Å². The number of thioether (sulfide) groups is 1. The minimum Gasteiger partial charge on any atom is -0.492 e. The summed E-state index contributed by atoms with van der Waals surface area (Å²) in [5.74, 6) is 1.89. The number of rotatable bonds is 6. The van der Waals surface area contributed by atoms with Gasteiger partial charge in [-0.3, -0.25) is 0 Å². The third-order valence-corrected chi connectivity index (χ3v) is 2.96. The van der Waals surface area contributed by atoms with Gasteiger partial charge in [-0.15, -0.1) is 0 Å². The summed E-state index contributed by atoms with van der Waals surface area (Å²) in [6, 6.07) is 5.92. The van der Waals surface area contributed by atoms with Gasteiger partial charge < -0.3 is 15.4 Å². The Bertz CT molecular complexity index is 331. The van der Waals surface area contributed by atoms with Crippen LogP contribution in [-0.4, -0.2) is 32.2 Å². The zero-order valence-electron chi connectivity index (χ0n) is 10.2. The summed E-state index contributed by atoms with van der Waals surface area (Å²) >= 11 is 1.84. The van der Waals surface area contributed by atoms with E-state index in [4.69, 9.17) is 10.5 Å². The van der Waals surface area contributed by atoms with Crippen molar-refractivity contribution in [1.82, 2.24) is 0 Å². The Morgan fingerprint density at radius 3 is 2.81 bits per heavy atom. The number of hydrogen-bond donors (Lipinski definition) is 1. The first kappa shape index (κ1) is 13.0. The van der Waals surface area contributed by atoms with Gasteiger partial charge in [0.25, 0.3) is 0 Å². The molecule has 2 N–H and O–H groups in total. The molecule has 4 heteroatoms. The topological polar surface area (TPSA) is 38.5 Å². The Hall–Kier alpha value is -1.03. The standard InChI is InChI=1S/C12H20N2OS/c1-4-15-12-9-10(5-6-11(12)13)14(2)7-8-16-3/h5-6,9H,4,7-8,13H2,1-3H3. The van der Waals surface area contributed by atoms with E-state index in [0.29, 0.717) is 12.3 Å². The van der Waals surface area contributed by atoms with E-state index in [1.165, 1.54) is 0 Å². The quantitative estimate of drug-likeness (QED) is 0.775. The molecule has 0 unspecified atom stereocenters. The molecule has 0 aromatic heterocycles. The smallest absolute Gasteiger partial charge is 0.144 e. The van der Waals surface area contributed by atoms with Gasteiger partial charge in [-0.25, -0.2) is 0 Å². The predicted molar refractivity (Wildman–Crippen MR) is 73.7 cm³/mol. The van der Waals surface area contributed by atoms with E-state index >= 15 is 0 Å². The minimum absolute atomic E-state index is 0.641. The molecule has 0 radical (unpaired) electrons.